The summed E-state index contributed by atoms with van der Waals surface area (Å²) in [5.74, 6) is 1.37. The summed E-state index contributed by atoms with van der Waals surface area (Å²) in [7, 11) is 1.90. The normalized spacial score (nSPS) is 20.8. The van der Waals surface area contributed by atoms with Crippen LogP contribution >= 0.6 is 0 Å². The minimum absolute atomic E-state index is 0.0280. The number of hydrogen-bond acceptors (Lipinski definition) is 6. The van der Waals surface area contributed by atoms with Crippen LogP contribution in [0.25, 0.3) is 11.4 Å². The molecule has 2 atom stereocenters. The highest BCUT2D eigenvalue weighted by Gasteiger charge is 2.33. The number of carbonyl (C=O) groups excluding carboxylic acids is 1. The number of anilines is 1. The van der Waals surface area contributed by atoms with Gasteiger partial charge in [-0.05, 0) is 18.4 Å². The van der Waals surface area contributed by atoms with Crippen LogP contribution in [-0.4, -0.2) is 56.9 Å². The maximum Gasteiger partial charge on any atom is 0.236 e. The molecule has 3 rings (SSSR count). The molecule has 8 heteroatoms. The van der Waals surface area contributed by atoms with Crippen molar-refractivity contribution in [1.82, 2.24) is 19.6 Å². The molecule has 0 aromatic rings. The third-order valence-electron chi connectivity index (χ3n) is 4.76. The first-order valence-electron chi connectivity index (χ1n) is 7.91. The molecule has 0 bridgehead atoms. The van der Waals surface area contributed by atoms with Crippen molar-refractivity contribution in [1.29, 1.82) is 5.26 Å². The van der Waals surface area contributed by atoms with Crippen molar-refractivity contribution >= 4 is 11.7 Å². The summed E-state index contributed by atoms with van der Waals surface area (Å²) in [6.45, 7) is 3.32. The van der Waals surface area contributed by atoms with E-state index in [1.165, 1.54) is 6.33 Å². The lowest BCUT2D eigenvalue weighted by atomic mass is 9.92. The average molecular weight is 328 g/mol. The molecule has 0 saturated carbocycles. The zero-order valence-corrected chi connectivity index (χ0v) is 13.8. The fourth-order valence-corrected chi connectivity index (χ4v) is 3.36. The fourth-order valence-electron chi connectivity index (χ4n) is 3.36. The third kappa shape index (κ3) is 2.73. The van der Waals surface area contributed by atoms with Gasteiger partial charge in [0.2, 0.25) is 5.91 Å². The smallest absolute Gasteiger partial charge is 0.236 e. The summed E-state index contributed by atoms with van der Waals surface area (Å²) in [6.07, 6.45) is 3.73. The van der Waals surface area contributed by atoms with Crippen molar-refractivity contribution in [2.24, 2.45) is 5.92 Å². The summed E-state index contributed by atoms with van der Waals surface area (Å²) < 4.78 is 0.993. The molecule has 0 radical (unpaired) electrons. The minimum Gasteiger partial charge on any atom is -0.426 e. The molecular formula is C16H20N6O2. The standard InChI is InChI=1S/C16H20N6O2/c1-11-5-8-21(14(23)3-6-17)9-13(11)20(2)16-12-4-7-18-15(12)19-10-22(16)24/h4,7,10-11,13,24H,3,5,8-9H2,1-2H3/t11-,13+/m0/s1. The second-order valence-electron chi connectivity index (χ2n) is 6.21. The second-order valence-corrected chi connectivity index (χ2v) is 6.21. The number of fused-ring (bicyclic) bond motifs is 1. The third-order valence-corrected chi connectivity index (χ3v) is 4.76. The van der Waals surface area contributed by atoms with E-state index in [-0.39, 0.29) is 18.4 Å². The molecule has 3 aliphatic heterocycles. The lowest BCUT2D eigenvalue weighted by Crippen LogP contribution is -2.53. The number of carbonyl (C=O) groups is 1. The van der Waals surface area contributed by atoms with Gasteiger partial charge in [-0.2, -0.15) is 9.99 Å². The van der Waals surface area contributed by atoms with Crippen molar-refractivity contribution in [2.45, 2.75) is 25.8 Å². The summed E-state index contributed by atoms with van der Waals surface area (Å²) in [6, 6.07) is 3.76. The van der Waals surface area contributed by atoms with E-state index in [4.69, 9.17) is 5.26 Å². The van der Waals surface area contributed by atoms with Gasteiger partial charge in [0.25, 0.3) is 0 Å². The van der Waals surface area contributed by atoms with Crippen LogP contribution in [0.4, 0.5) is 5.82 Å². The summed E-state index contributed by atoms with van der Waals surface area (Å²) >= 11 is 0. The number of amides is 1. The summed E-state index contributed by atoms with van der Waals surface area (Å²) in [4.78, 5) is 24.0. The van der Waals surface area contributed by atoms with E-state index in [1.807, 2.05) is 24.1 Å². The second kappa shape index (κ2) is 6.35. The fraction of sp³-hybridized carbons (Fsp3) is 0.500. The highest BCUT2D eigenvalue weighted by atomic mass is 16.5. The molecule has 126 valence electrons. The number of piperidine rings is 1. The van der Waals surface area contributed by atoms with E-state index in [0.717, 1.165) is 16.7 Å². The van der Waals surface area contributed by atoms with Gasteiger partial charge in [0.05, 0.1) is 17.7 Å². The monoisotopic (exact) mass is 328 g/mol. The van der Waals surface area contributed by atoms with Gasteiger partial charge in [-0.15, -0.1) is 0 Å². The van der Waals surface area contributed by atoms with E-state index in [9.17, 15) is 10.0 Å². The van der Waals surface area contributed by atoms with Crippen LogP contribution in [0.3, 0.4) is 0 Å². The lowest BCUT2D eigenvalue weighted by Gasteiger charge is -2.42. The zero-order chi connectivity index (χ0) is 17.3. The minimum atomic E-state index is -0.144. The molecule has 1 N–H and O–H groups in total. The molecule has 1 fully saturated rings. The van der Waals surface area contributed by atoms with Crippen molar-refractivity contribution in [3.63, 3.8) is 0 Å². The Morgan fingerprint density at radius 1 is 1.54 bits per heavy atom. The zero-order valence-electron chi connectivity index (χ0n) is 13.8. The molecule has 1 saturated heterocycles. The lowest BCUT2D eigenvalue weighted by molar-refractivity contribution is -0.131. The van der Waals surface area contributed by atoms with Gasteiger partial charge in [-0.1, -0.05) is 6.92 Å². The SMILES string of the molecule is C[C@H]1CCN(C(=O)CC#N)C[C@H]1N(C)c1c2ccnc-2ncn1O. The van der Waals surface area contributed by atoms with E-state index in [2.05, 4.69) is 16.9 Å². The molecule has 8 nitrogen and oxygen atoms in total. The molecule has 0 aromatic carbocycles. The maximum atomic E-state index is 12.1. The highest BCUT2D eigenvalue weighted by Crippen LogP contribution is 2.33. The Balaban J connectivity index is 1.89. The maximum absolute atomic E-state index is 12.1. The van der Waals surface area contributed by atoms with Crippen LogP contribution in [0.5, 0.6) is 0 Å². The average Bonchev–Trinajstić information content (AvgIpc) is 3.03. The molecular weight excluding hydrogens is 308 g/mol. The molecule has 24 heavy (non-hydrogen) atoms. The molecule has 0 spiro atoms. The van der Waals surface area contributed by atoms with Gasteiger partial charge in [0.15, 0.2) is 11.6 Å². The Morgan fingerprint density at radius 3 is 3.08 bits per heavy atom. The van der Waals surface area contributed by atoms with Gasteiger partial charge in [-0.25, -0.2) is 9.97 Å². The van der Waals surface area contributed by atoms with E-state index < -0.39 is 0 Å². The Morgan fingerprint density at radius 2 is 2.33 bits per heavy atom. The summed E-state index contributed by atoms with van der Waals surface area (Å²) in [5, 5.41) is 19.0. The van der Waals surface area contributed by atoms with Crippen molar-refractivity contribution in [3.05, 3.63) is 18.6 Å². The Labute approximate surface area is 140 Å². The van der Waals surface area contributed by atoms with Crippen LogP contribution in [0.15, 0.2) is 18.6 Å². The van der Waals surface area contributed by atoms with Crippen molar-refractivity contribution in [2.75, 3.05) is 25.0 Å². The quantitative estimate of drug-likeness (QED) is 0.850. The number of nitrogens with zero attached hydrogens (tertiary/aromatic N) is 6. The molecule has 0 unspecified atom stereocenters. The van der Waals surface area contributed by atoms with Gasteiger partial charge in [0, 0.05) is 26.3 Å². The van der Waals surface area contributed by atoms with Crippen LogP contribution < -0.4 is 4.90 Å². The number of rotatable bonds is 3. The number of nitriles is 1. The van der Waals surface area contributed by atoms with Gasteiger partial charge in [0.1, 0.15) is 12.7 Å². The van der Waals surface area contributed by atoms with Crippen LogP contribution in [0, 0.1) is 17.2 Å². The molecule has 0 aromatic heterocycles. The largest absolute Gasteiger partial charge is 0.426 e. The van der Waals surface area contributed by atoms with Gasteiger partial charge >= 0.3 is 0 Å². The predicted octanol–water partition coefficient (Wildman–Crippen LogP) is 1.21. The molecule has 1 amide bonds. The van der Waals surface area contributed by atoms with Crippen LogP contribution in [0.1, 0.15) is 19.8 Å². The van der Waals surface area contributed by atoms with Crippen molar-refractivity contribution in [3.8, 4) is 17.5 Å². The van der Waals surface area contributed by atoms with Crippen LogP contribution in [0.2, 0.25) is 0 Å². The predicted molar refractivity (Wildman–Crippen MR) is 86.6 cm³/mol. The Bertz CT molecular complexity index is 752. The molecule has 0 aliphatic carbocycles. The number of aromatic nitrogens is 3. The molecule has 3 aliphatic rings. The Kier molecular flexibility index (Phi) is 4.25. The number of likely N-dealkylation sites (N-methyl/N-ethyl adjacent to an activating group) is 1. The Hall–Kier alpha value is -2.82. The number of likely N-dealkylation sites (tertiary alicyclic amines) is 1. The van der Waals surface area contributed by atoms with E-state index >= 15 is 0 Å². The van der Waals surface area contributed by atoms with Gasteiger partial charge < -0.3 is 15.0 Å². The van der Waals surface area contributed by atoms with E-state index in [1.54, 1.807) is 11.1 Å². The summed E-state index contributed by atoms with van der Waals surface area (Å²) in [5.41, 5.74) is 0.759. The van der Waals surface area contributed by atoms with E-state index in [0.29, 0.717) is 30.6 Å². The van der Waals surface area contributed by atoms with Gasteiger partial charge in [-0.3, -0.25) is 4.79 Å². The first kappa shape index (κ1) is 16.1. The van der Waals surface area contributed by atoms with Crippen LogP contribution in [-0.2, 0) is 4.79 Å². The first-order valence-corrected chi connectivity index (χ1v) is 7.91. The topological polar surface area (TPSA) is 98.3 Å². The van der Waals surface area contributed by atoms with Crippen molar-refractivity contribution < 1.29 is 10.0 Å². The molecule has 3 heterocycles. The highest BCUT2D eigenvalue weighted by molar-refractivity contribution is 5.78. The first-order chi connectivity index (χ1) is 11.5. The number of hydrogen-bond donors (Lipinski definition) is 1.